The van der Waals surface area contributed by atoms with Gasteiger partial charge < -0.3 is 21.3 Å². The van der Waals surface area contributed by atoms with Gasteiger partial charge >= 0.3 is 0 Å². The third-order valence-corrected chi connectivity index (χ3v) is 5.31. The van der Waals surface area contributed by atoms with Gasteiger partial charge in [-0.25, -0.2) is 0 Å². The molecule has 7 nitrogen and oxygen atoms in total. The standard InChI is InChI=1S/C28H32N4O3/c1-19(20-10-6-5-7-11-20)30-26(34)21-12-8-13-22(16-21)29-18-25(33)31-23-14-9-15-24(17-23)32-27(35)28(2,3)4/h5-17,19,29H,18H2,1-4H3,(H,30,34)(H,31,33)(H,32,35). The molecule has 0 aliphatic heterocycles. The van der Waals surface area contributed by atoms with Crippen molar-refractivity contribution in [3.05, 3.63) is 90.0 Å². The molecule has 0 saturated heterocycles. The Labute approximate surface area is 206 Å². The fourth-order valence-electron chi connectivity index (χ4n) is 3.26. The number of anilines is 3. The lowest BCUT2D eigenvalue weighted by Crippen LogP contribution is -2.27. The minimum Gasteiger partial charge on any atom is -0.376 e. The highest BCUT2D eigenvalue weighted by Gasteiger charge is 2.21. The summed E-state index contributed by atoms with van der Waals surface area (Å²) >= 11 is 0. The average Bonchev–Trinajstić information content (AvgIpc) is 2.83. The van der Waals surface area contributed by atoms with E-state index >= 15 is 0 Å². The maximum absolute atomic E-state index is 12.7. The lowest BCUT2D eigenvalue weighted by molar-refractivity contribution is -0.123. The van der Waals surface area contributed by atoms with Crippen LogP contribution in [0.5, 0.6) is 0 Å². The van der Waals surface area contributed by atoms with E-state index in [2.05, 4.69) is 21.3 Å². The van der Waals surface area contributed by atoms with Crippen molar-refractivity contribution in [2.24, 2.45) is 5.41 Å². The number of nitrogens with one attached hydrogen (secondary N) is 4. The van der Waals surface area contributed by atoms with Gasteiger partial charge in [-0.15, -0.1) is 0 Å². The van der Waals surface area contributed by atoms with Crippen LogP contribution in [0.15, 0.2) is 78.9 Å². The molecule has 1 atom stereocenters. The summed E-state index contributed by atoms with van der Waals surface area (Å²) in [6.45, 7) is 7.46. The van der Waals surface area contributed by atoms with Crippen molar-refractivity contribution in [2.45, 2.75) is 33.7 Å². The summed E-state index contributed by atoms with van der Waals surface area (Å²) in [5.41, 5.74) is 2.85. The molecule has 0 saturated carbocycles. The first-order valence-electron chi connectivity index (χ1n) is 11.5. The van der Waals surface area contributed by atoms with E-state index in [1.54, 1.807) is 48.5 Å². The van der Waals surface area contributed by atoms with E-state index in [1.165, 1.54) is 0 Å². The Kier molecular flexibility index (Phi) is 8.25. The number of benzene rings is 3. The average molecular weight is 473 g/mol. The van der Waals surface area contributed by atoms with Crippen LogP contribution in [-0.4, -0.2) is 24.3 Å². The zero-order valence-electron chi connectivity index (χ0n) is 20.5. The Morgan fingerprint density at radius 1 is 0.771 bits per heavy atom. The van der Waals surface area contributed by atoms with E-state index in [9.17, 15) is 14.4 Å². The largest absolute Gasteiger partial charge is 0.376 e. The Bertz CT molecular complexity index is 1190. The van der Waals surface area contributed by atoms with Gasteiger partial charge in [0.05, 0.1) is 12.6 Å². The molecule has 0 spiro atoms. The fourth-order valence-corrected chi connectivity index (χ4v) is 3.26. The molecule has 0 bridgehead atoms. The third-order valence-electron chi connectivity index (χ3n) is 5.31. The number of hydrogen-bond acceptors (Lipinski definition) is 4. The molecule has 3 rings (SSSR count). The Morgan fingerprint density at radius 2 is 1.40 bits per heavy atom. The molecule has 0 aliphatic rings. The van der Waals surface area contributed by atoms with E-state index in [-0.39, 0.29) is 30.3 Å². The maximum atomic E-state index is 12.7. The van der Waals surface area contributed by atoms with Crippen LogP contribution >= 0.6 is 0 Å². The molecular formula is C28H32N4O3. The second-order valence-electron chi connectivity index (χ2n) is 9.37. The van der Waals surface area contributed by atoms with Gasteiger partial charge in [-0.1, -0.05) is 63.2 Å². The molecule has 7 heteroatoms. The third kappa shape index (κ3) is 7.71. The normalized spacial score (nSPS) is 11.8. The molecule has 0 aromatic heterocycles. The first-order valence-corrected chi connectivity index (χ1v) is 11.5. The lowest BCUT2D eigenvalue weighted by Gasteiger charge is -2.18. The van der Waals surface area contributed by atoms with Gasteiger partial charge in [0.2, 0.25) is 11.8 Å². The highest BCUT2D eigenvalue weighted by Crippen LogP contribution is 2.20. The Hall–Kier alpha value is -4.13. The molecule has 182 valence electrons. The van der Waals surface area contributed by atoms with Crippen molar-refractivity contribution in [2.75, 3.05) is 22.5 Å². The quantitative estimate of drug-likeness (QED) is 0.361. The second kappa shape index (κ2) is 11.3. The molecule has 3 amide bonds. The van der Waals surface area contributed by atoms with Crippen LogP contribution < -0.4 is 21.3 Å². The van der Waals surface area contributed by atoms with Crippen molar-refractivity contribution < 1.29 is 14.4 Å². The minimum absolute atomic E-state index is 0.0179. The summed E-state index contributed by atoms with van der Waals surface area (Å²) in [7, 11) is 0. The van der Waals surface area contributed by atoms with Gasteiger partial charge in [-0.05, 0) is 48.9 Å². The monoisotopic (exact) mass is 472 g/mol. The molecule has 4 N–H and O–H groups in total. The van der Waals surface area contributed by atoms with Gasteiger partial charge in [0.1, 0.15) is 0 Å². The maximum Gasteiger partial charge on any atom is 0.251 e. The predicted octanol–water partition coefficient (Wildman–Crippen LogP) is 5.21. The van der Waals surface area contributed by atoms with Gasteiger partial charge in [0.25, 0.3) is 5.91 Å². The topological polar surface area (TPSA) is 99.3 Å². The van der Waals surface area contributed by atoms with Crippen LogP contribution in [0.2, 0.25) is 0 Å². The van der Waals surface area contributed by atoms with Crippen molar-refractivity contribution in [1.29, 1.82) is 0 Å². The summed E-state index contributed by atoms with van der Waals surface area (Å²) in [6.07, 6.45) is 0. The van der Waals surface area contributed by atoms with Crippen molar-refractivity contribution in [3.8, 4) is 0 Å². The molecule has 3 aromatic carbocycles. The summed E-state index contributed by atoms with van der Waals surface area (Å²) in [4.78, 5) is 37.3. The summed E-state index contributed by atoms with van der Waals surface area (Å²) in [5.74, 6) is -0.551. The molecule has 35 heavy (non-hydrogen) atoms. The van der Waals surface area contributed by atoms with Gasteiger partial charge in [-0.3, -0.25) is 14.4 Å². The summed E-state index contributed by atoms with van der Waals surface area (Å²) in [5, 5.41) is 11.7. The number of rotatable bonds is 8. The highest BCUT2D eigenvalue weighted by molar-refractivity contribution is 5.98. The number of carbonyl (C=O) groups is 3. The molecule has 0 heterocycles. The van der Waals surface area contributed by atoms with Crippen molar-refractivity contribution in [3.63, 3.8) is 0 Å². The molecule has 0 radical (unpaired) electrons. The van der Waals surface area contributed by atoms with Gasteiger partial charge in [0, 0.05) is 28.0 Å². The predicted molar refractivity (Wildman–Crippen MR) is 140 cm³/mol. The minimum atomic E-state index is -0.520. The summed E-state index contributed by atoms with van der Waals surface area (Å²) < 4.78 is 0. The van der Waals surface area contributed by atoms with E-state index < -0.39 is 5.41 Å². The summed E-state index contributed by atoms with van der Waals surface area (Å²) in [6, 6.07) is 23.6. The van der Waals surface area contributed by atoms with Crippen LogP contribution in [-0.2, 0) is 9.59 Å². The molecule has 0 aliphatic carbocycles. The van der Waals surface area contributed by atoms with E-state index in [0.717, 1.165) is 5.56 Å². The molecule has 1 unspecified atom stereocenters. The van der Waals surface area contributed by atoms with Crippen LogP contribution in [0.3, 0.4) is 0 Å². The number of amides is 3. The molecule has 3 aromatic rings. The van der Waals surface area contributed by atoms with Crippen LogP contribution in [0.25, 0.3) is 0 Å². The number of carbonyl (C=O) groups excluding carboxylic acids is 3. The van der Waals surface area contributed by atoms with Crippen LogP contribution in [0.1, 0.15) is 49.7 Å². The molecular weight excluding hydrogens is 440 g/mol. The van der Waals surface area contributed by atoms with E-state index in [1.807, 2.05) is 58.0 Å². The van der Waals surface area contributed by atoms with Crippen LogP contribution in [0, 0.1) is 5.41 Å². The zero-order valence-corrected chi connectivity index (χ0v) is 20.5. The SMILES string of the molecule is CC(NC(=O)c1cccc(NCC(=O)Nc2cccc(NC(=O)C(C)(C)C)c2)c1)c1ccccc1. The van der Waals surface area contributed by atoms with E-state index in [4.69, 9.17) is 0 Å². The fraction of sp³-hybridized carbons (Fsp3) is 0.250. The lowest BCUT2D eigenvalue weighted by atomic mass is 9.95. The Balaban J connectivity index is 1.54. The highest BCUT2D eigenvalue weighted by atomic mass is 16.2. The first-order chi connectivity index (χ1) is 16.6. The van der Waals surface area contributed by atoms with Gasteiger partial charge in [0.15, 0.2) is 0 Å². The molecule has 0 fully saturated rings. The Morgan fingerprint density at radius 3 is 2.09 bits per heavy atom. The van der Waals surface area contributed by atoms with Gasteiger partial charge in [-0.2, -0.15) is 0 Å². The van der Waals surface area contributed by atoms with Crippen LogP contribution in [0.4, 0.5) is 17.1 Å². The zero-order chi connectivity index (χ0) is 25.4. The van der Waals surface area contributed by atoms with E-state index in [0.29, 0.717) is 22.6 Å². The van der Waals surface area contributed by atoms with Crippen molar-refractivity contribution in [1.82, 2.24) is 5.32 Å². The second-order valence-corrected chi connectivity index (χ2v) is 9.37. The van der Waals surface area contributed by atoms with Crippen molar-refractivity contribution >= 4 is 34.8 Å². The number of hydrogen-bond donors (Lipinski definition) is 4. The first kappa shape index (κ1) is 25.5. The smallest absolute Gasteiger partial charge is 0.251 e.